The van der Waals surface area contributed by atoms with E-state index in [9.17, 15) is 0 Å². The van der Waals surface area contributed by atoms with E-state index in [0.29, 0.717) is 6.42 Å². The molecule has 0 saturated carbocycles. The highest BCUT2D eigenvalue weighted by atomic mass is 14.2. The monoisotopic (exact) mass is 207 g/mol. The molecule has 0 aliphatic heterocycles. The summed E-state index contributed by atoms with van der Waals surface area (Å²) in [5.74, 6) is 0.860. The van der Waals surface area contributed by atoms with E-state index in [0.717, 1.165) is 12.3 Å². The van der Waals surface area contributed by atoms with Crippen LogP contribution in [0.15, 0.2) is 12.2 Å². The van der Waals surface area contributed by atoms with Gasteiger partial charge in [-0.15, -0.1) is 0 Å². The summed E-state index contributed by atoms with van der Waals surface area (Å²) >= 11 is 0. The Hall–Kier alpha value is -0.770. The summed E-state index contributed by atoms with van der Waals surface area (Å²) in [4.78, 5) is 0. The van der Waals surface area contributed by atoms with Crippen molar-refractivity contribution in [2.45, 2.75) is 65.2 Å². The van der Waals surface area contributed by atoms with Crippen LogP contribution in [0.1, 0.15) is 65.2 Å². The second-order valence-corrected chi connectivity index (χ2v) is 4.57. The number of hydrogen-bond donors (Lipinski definition) is 0. The molecule has 0 amide bonds. The SMILES string of the molecule is CC(C)CCCCCCC/C=C/CC#N. The largest absolute Gasteiger partial charge is 0.198 e. The first kappa shape index (κ1) is 14.2. The first-order chi connectivity index (χ1) is 7.27. The molecule has 86 valence electrons. The van der Waals surface area contributed by atoms with E-state index in [2.05, 4.69) is 26.0 Å². The van der Waals surface area contributed by atoms with Gasteiger partial charge in [-0.25, -0.2) is 0 Å². The van der Waals surface area contributed by atoms with E-state index >= 15 is 0 Å². The second-order valence-electron chi connectivity index (χ2n) is 4.57. The third-order valence-electron chi connectivity index (χ3n) is 2.53. The molecule has 0 aromatic carbocycles. The standard InChI is InChI=1S/C14H25N/c1-14(2)12-10-8-6-4-3-5-7-9-11-13-15/h7,9,14H,3-6,8,10-12H2,1-2H3/b9-7+. The molecule has 0 N–H and O–H groups in total. The predicted octanol–water partition coefficient (Wildman–Crippen LogP) is 4.84. The van der Waals surface area contributed by atoms with Crippen molar-refractivity contribution in [3.63, 3.8) is 0 Å². The zero-order valence-corrected chi connectivity index (χ0v) is 10.3. The van der Waals surface area contributed by atoms with Crippen molar-refractivity contribution in [2.75, 3.05) is 0 Å². The first-order valence-corrected chi connectivity index (χ1v) is 6.29. The lowest BCUT2D eigenvalue weighted by atomic mass is 10.0. The van der Waals surface area contributed by atoms with Crippen molar-refractivity contribution in [2.24, 2.45) is 5.92 Å². The molecule has 0 radical (unpaired) electrons. The van der Waals surface area contributed by atoms with Gasteiger partial charge in [-0.05, 0) is 18.8 Å². The summed E-state index contributed by atoms with van der Waals surface area (Å²) in [7, 11) is 0. The highest BCUT2D eigenvalue weighted by molar-refractivity contribution is 4.90. The molecular weight excluding hydrogens is 182 g/mol. The summed E-state index contributed by atoms with van der Waals surface area (Å²) in [6.07, 6.45) is 14.0. The smallest absolute Gasteiger partial charge is 0.0663 e. The van der Waals surface area contributed by atoms with Gasteiger partial charge in [-0.3, -0.25) is 0 Å². The highest BCUT2D eigenvalue weighted by Gasteiger charge is 1.93. The van der Waals surface area contributed by atoms with E-state index in [1.807, 2.05) is 6.08 Å². The minimum absolute atomic E-state index is 0.564. The summed E-state index contributed by atoms with van der Waals surface area (Å²) in [5, 5.41) is 8.31. The predicted molar refractivity (Wildman–Crippen MR) is 66.5 cm³/mol. The normalized spacial score (nSPS) is 11.1. The Morgan fingerprint density at radius 3 is 2.33 bits per heavy atom. The lowest BCUT2D eigenvalue weighted by molar-refractivity contribution is 0.516. The molecule has 0 aliphatic rings. The van der Waals surface area contributed by atoms with Crippen molar-refractivity contribution < 1.29 is 0 Å². The second kappa shape index (κ2) is 11.3. The summed E-state index contributed by atoms with van der Waals surface area (Å²) in [6.45, 7) is 4.58. The maximum Gasteiger partial charge on any atom is 0.0663 e. The first-order valence-electron chi connectivity index (χ1n) is 6.29. The van der Waals surface area contributed by atoms with Gasteiger partial charge in [0.25, 0.3) is 0 Å². The minimum atomic E-state index is 0.564. The molecule has 0 spiro atoms. The van der Waals surface area contributed by atoms with Crippen molar-refractivity contribution in [1.82, 2.24) is 0 Å². The van der Waals surface area contributed by atoms with Crippen LogP contribution in [-0.2, 0) is 0 Å². The molecule has 0 rings (SSSR count). The molecule has 0 fully saturated rings. The number of unbranched alkanes of at least 4 members (excludes halogenated alkanes) is 5. The number of allylic oxidation sites excluding steroid dienone is 2. The molecule has 15 heavy (non-hydrogen) atoms. The zero-order chi connectivity index (χ0) is 11.4. The van der Waals surface area contributed by atoms with Gasteiger partial charge in [0, 0.05) is 0 Å². The Kier molecular flexibility index (Phi) is 10.7. The lowest BCUT2D eigenvalue weighted by Gasteiger charge is -2.03. The number of rotatable bonds is 9. The quantitative estimate of drug-likeness (QED) is 0.392. The van der Waals surface area contributed by atoms with Gasteiger partial charge >= 0.3 is 0 Å². The van der Waals surface area contributed by atoms with Crippen LogP contribution in [0.25, 0.3) is 0 Å². The van der Waals surface area contributed by atoms with E-state index < -0.39 is 0 Å². The zero-order valence-electron chi connectivity index (χ0n) is 10.3. The third-order valence-corrected chi connectivity index (χ3v) is 2.53. The maximum absolute atomic E-state index is 8.31. The highest BCUT2D eigenvalue weighted by Crippen LogP contribution is 2.11. The molecule has 0 atom stereocenters. The average Bonchev–Trinajstić information content (AvgIpc) is 2.20. The van der Waals surface area contributed by atoms with Crippen LogP contribution in [-0.4, -0.2) is 0 Å². The van der Waals surface area contributed by atoms with E-state index in [-0.39, 0.29) is 0 Å². The fraction of sp³-hybridized carbons (Fsp3) is 0.786. The third kappa shape index (κ3) is 13.2. The van der Waals surface area contributed by atoms with Gasteiger partial charge < -0.3 is 0 Å². The van der Waals surface area contributed by atoms with Crippen molar-refractivity contribution in [3.8, 4) is 6.07 Å². The molecule has 0 aromatic heterocycles. The van der Waals surface area contributed by atoms with Crippen molar-refractivity contribution in [1.29, 1.82) is 5.26 Å². The van der Waals surface area contributed by atoms with Crippen LogP contribution < -0.4 is 0 Å². The number of hydrogen-bond acceptors (Lipinski definition) is 1. The number of nitriles is 1. The van der Waals surface area contributed by atoms with Crippen LogP contribution in [0.4, 0.5) is 0 Å². The molecule has 0 bridgehead atoms. The molecule has 0 unspecified atom stereocenters. The van der Waals surface area contributed by atoms with E-state index in [1.54, 1.807) is 0 Å². The molecule has 0 heterocycles. The Balaban J connectivity index is 3.02. The minimum Gasteiger partial charge on any atom is -0.198 e. The van der Waals surface area contributed by atoms with Gasteiger partial charge in [-0.2, -0.15) is 5.26 Å². The van der Waals surface area contributed by atoms with Crippen molar-refractivity contribution in [3.05, 3.63) is 12.2 Å². The van der Waals surface area contributed by atoms with Crippen LogP contribution in [0.3, 0.4) is 0 Å². The molecule has 0 aromatic rings. The van der Waals surface area contributed by atoms with Gasteiger partial charge in [0.15, 0.2) is 0 Å². The van der Waals surface area contributed by atoms with Gasteiger partial charge in [0.1, 0.15) is 0 Å². The Morgan fingerprint density at radius 2 is 1.67 bits per heavy atom. The Labute approximate surface area is 95.2 Å². The topological polar surface area (TPSA) is 23.8 Å². The molecule has 1 nitrogen and oxygen atoms in total. The average molecular weight is 207 g/mol. The van der Waals surface area contributed by atoms with Gasteiger partial charge in [0.05, 0.1) is 12.5 Å². The Morgan fingerprint density at radius 1 is 1.00 bits per heavy atom. The van der Waals surface area contributed by atoms with Crippen LogP contribution in [0, 0.1) is 17.2 Å². The van der Waals surface area contributed by atoms with E-state index in [4.69, 9.17) is 5.26 Å². The molecule has 0 aliphatic carbocycles. The van der Waals surface area contributed by atoms with Crippen molar-refractivity contribution >= 4 is 0 Å². The molecule has 0 saturated heterocycles. The van der Waals surface area contributed by atoms with Crippen LogP contribution in [0.2, 0.25) is 0 Å². The fourth-order valence-corrected chi connectivity index (χ4v) is 1.60. The van der Waals surface area contributed by atoms with Crippen LogP contribution in [0.5, 0.6) is 0 Å². The number of nitrogens with zero attached hydrogens (tertiary/aromatic N) is 1. The van der Waals surface area contributed by atoms with E-state index in [1.165, 1.54) is 38.5 Å². The summed E-state index contributed by atoms with van der Waals surface area (Å²) in [5.41, 5.74) is 0. The maximum atomic E-state index is 8.31. The lowest BCUT2D eigenvalue weighted by Crippen LogP contribution is -1.86. The van der Waals surface area contributed by atoms with Crippen LogP contribution >= 0.6 is 0 Å². The fourth-order valence-electron chi connectivity index (χ4n) is 1.60. The van der Waals surface area contributed by atoms with Gasteiger partial charge in [-0.1, -0.05) is 58.1 Å². The molecule has 1 heteroatoms. The Bertz CT molecular complexity index is 186. The summed E-state index contributed by atoms with van der Waals surface area (Å²) < 4.78 is 0. The summed E-state index contributed by atoms with van der Waals surface area (Å²) in [6, 6.07) is 2.11. The molecular formula is C14H25N. The van der Waals surface area contributed by atoms with Gasteiger partial charge in [0.2, 0.25) is 0 Å².